The highest BCUT2D eigenvalue weighted by atomic mass is 16.2. The molecule has 1 fully saturated rings. The molecule has 148 valence electrons. The van der Waals surface area contributed by atoms with Gasteiger partial charge in [-0.2, -0.15) is 0 Å². The number of nitrogens with one attached hydrogen (secondary N) is 1. The number of nitrogens with zero attached hydrogens (tertiary/aromatic N) is 4. The van der Waals surface area contributed by atoms with Gasteiger partial charge in [0.1, 0.15) is 5.82 Å². The first-order valence-corrected chi connectivity index (χ1v) is 10.1. The van der Waals surface area contributed by atoms with Gasteiger partial charge in [-0.3, -0.25) is 14.6 Å². The van der Waals surface area contributed by atoms with E-state index in [1.165, 1.54) is 0 Å². The molecule has 0 saturated carbocycles. The van der Waals surface area contributed by atoms with E-state index in [4.69, 9.17) is 0 Å². The molecule has 7 heteroatoms. The molecule has 2 aliphatic heterocycles. The largest absolute Gasteiger partial charge is 0.344 e. The number of carbonyl (C=O) groups is 1. The summed E-state index contributed by atoms with van der Waals surface area (Å²) in [6.45, 7) is 2.06. The lowest BCUT2D eigenvalue weighted by Crippen LogP contribution is -2.49. The summed E-state index contributed by atoms with van der Waals surface area (Å²) in [5.74, 6) is 1.32. The molecule has 1 saturated heterocycles. The van der Waals surface area contributed by atoms with Crippen LogP contribution in [-0.2, 0) is 17.8 Å². The van der Waals surface area contributed by atoms with Crippen LogP contribution in [0.25, 0.3) is 11.4 Å². The Morgan fingerprint density at radius 2 is 2.10 bits per heavy atom. The van der Waals surface area contributed by atoms with Crippen molar-refractivity contribution in [2.24, 2.45) is 5.92 Å². The van der Waals surface area contributed by atoms with E-state index >= 15 is 0 Å². The maximum atomic E-state index is 13.0. The highest BCUT2D eigenvalue weighted by Gasteiger charge is 2.36. The molecular weight excluding hydrogens is 366 g/mol. The van der Waals surface area contributed by atoms with Gasteiger partial charge in [0.05, 0.1) is 5.56 Å². The number of rotatable bonds is 4. The monoisotopic (exact) mass is 389 g/mol. The predicted octanol–water partition coefficient (Wildman–Crippen LogP) is 2.21. The Morgan fingerprint density at radius 1 is 1.17 bits per heavy atom. The molecule has 3 aromatic heterocycles. The lowest BCUT2D eigenvalue weighted by molar-refractivity contribution is -0.133. The second kappa shape index (κ2) is 7.31. The van der Waals surface area contributed by atoms with E-state index in [0.717, 1.165) is 24.2 Å². The van der Waals surface area contributed by atoms with Crippen molar-refractivity contribution in [2.75, 3.05) is 13.1 Å². The Morgan fingerprint density at radius 3 is 2.90 bits per heavy atom. The van der Waals surface area contributed by atoms with Gasteiger partial charge in [-0.15, -0.1) is 0 Å². The van der Waals surface area contributed by atoms with E-state index in [1.807, 2.05) is 39.9 Å². The van der Waals surface area contributed by atoms with Crippen molar-refractivity contribution in [2.45, 2.75) is 31.7 Å². The van der Waals surface area contributed by atoms with Gasteiger partial charge < -0.3 is 14.5 Å². The molecule has 1 amide bonds. The number of aryl methyl sites for hydroxylation is 1. The Balaban J connectivity index is 1.34. The first kappa shape index (κ1) is 17.8. The number of aromatic nitrogens is 4. The summed E-state index contributed by atoms with van der Waals surface area (Å²) in [5.41, 5.74) is 2.72. The molecular formula is C22H23N5O2. The van der Waals surface area contributed by atoms with Crippen LogP contribution in [0.3, 0.4) is 0 Å². The molecule has 0 spiro atoms. The van der Waals surface area contributed by atoms with Gasteiger partial charge in [-0.05, 0) is 42.5 Å². The summed E-state index contributed by atoms with van der Waals surface area (Å²) in [5, 5.41) is 0. The fraction of sp³-hybridized carbons (Fsp3) is 0.364. The van der Waals surface area contributed by atoms with Gasteiger partial charge in [0.25, 0.3) is 5.56 Å². The van der Waals surface area contributed by atoms with Crippen LogP contribution in [0, 0.1) is 5.92 Å². The second-order valence-corrected chi connectivity index (χ2v) is 7.98. The lowest BCUT2D eigenvalue weighted by atomic mass is 9.82. The number of fused-ring (bicyclic) bond motifs is 4. The van der Waals surface area contributed by atoms with Gasteiger partial charge in [0, 0.05) is 62.5 Å². The average molecular weight is 389 g/mol. The van der Waals surface area contributed by atoms with Crippen LogP contribution < -0.4 is 5.56 Å². The van der Waals surface area contributed by atoms with E-state index in [2.05, 4.69) is 15.0 Å². The van der Waals surface area contributed by atoms with Crippen molar-refractivity contribution in [3.63, 3.8) is 0 Å². The van der Waals surface area contributed by atoms with Crippen molar-refractivity contribution in [1.29, 1.82) is 0 Å². The van der Waals surface area contributed by atoms with Gasteiger partial charge in [-0.25, -0.2) is 4.98 Å². The minimum absolute atomic E-state index is 0.00324. The van der Waals surface area contributed by atoms with Crippen LogP contribution in [0.4, 0.5) is 0 Å². The van der Waals surface area contributed by atoms with Crippen LogP contribution >= 0.6 is 0 Å². The van der Waals surface area contributed by atoms with Crippen molar-refractivity contribution >= 4 is 5.91 Å². The fourth-order valence-corrected chi connectivity index (χ4v) is 4.70. The summed E-state index contributed by atoms with van der Waals surface area (Å²) in [6.07, 6.45) is 9.18. The molecule has 2 atom stereocenters. The molecule has 29 heavy (non-hydrogen) atoms. The van der Waals surface area contributed by atoms with Crippen molar-refractivity contribution < 1.29 is 4.79 Å². The molecule has 3 aromatic rings. The number of H-pyrrole nitrogens is 1. The maximum Gasteiger partial charge on any atom is 0.261 e. The number of piperidine rings is 1. The van der Waals surface area contributed by atoms with E-state index in [0.29, 0.717) is 43.2 Å². The number of amides is 1. The number of likely N-dealkylation sites (tertiary alicyclic amines) is 1. The van der Waals surface area contributed by atoms with Crippen LogP contribution in [-0.4, -0.2) is 43.4 Å². The summed E-state index contributed by atoms with van der Waals surface area (Å²) in [7, 11) is 0. The van der Waals surface area contributed by atoms with Gasteiger partial charge in [-0.1, -0.05) is 6.07 Å². The Kier molecular flexibility index (Phi) is 4.50. The minimum atomic E-state index is 0.00324. The van der Waals surface area contributed by atoms with E-state index in [9.17, 15) is 9.59 Å². The number of pyridine rings is 2. The van der Waals surface area contributed by atoms with Crippen molar-refractivity contribution in [3.8, 4) is 11.4 Å². The number of aromatic amines is 1. The highest BCUT2D eigenvalue weighted by Crippen LogP contribution is 2.35. The van der Waals surface area contributed by atoms with E-state index in [-0.39, 0.29) is 17.4 Å². The third-order valence-electron chi connectivity index (χ3n) is 6.06. The molecule has 1 N–H and O–H groups in total. The molecule has 0 unspecified atom stereocenters. The first-order valence-electron chi connectivity index (χ1n) is 10.1. The highest BCUT2D eigenvalue weighted by molar-refractivity contribution is 5.76. The summed E-state index contributed by atoms with van der Waals surface area (Å²) in [6, 6.07) is 7.79. The topological polar surface area (TPSA) is 83.9 Å². The minimum Gasteiger partial charge on any atom is -0.344 e. The molecule has 0 aromatic carbocycles. The van der Waals surface area contributed by atoms with E-state index in [1.54, 1.807) is 18.6 Å². The second-order valence-electron chi connectivity index (χ2n) is 7.98. The van der Waals surface area contributed by atoms with Gasteiger partial charge >= 0.3 is 0 Å². The first-order chi connectivity index (χ1) is 14.2. The van der Waals surface area contributed by atoms with E-state index < -0.39 is 0 Å². The number of hydrogen-bond acceptors (Lipinski definition) is 4. The standard InChI is InChI=1S/C22H23N5O2/c28-20(6-3-15-2-1-7-23-11-15)26-12-16-10-17(14-26)19-5-4-18(21-24-8-9-25-21)22(29)27(19)13-16/h1-2,4-5,7-9,11,16-17H,3,6,10,12-14H2,(H,24,25)/t16-,17+/m0/s1. The van der Waals surface area contributed by atoms with Crippen molar-refractivity contribution in [1.82, 2.24) is 24.4 Å². The lowest BCUT2D eigenvalue weighted by Gasteiger charge is -2.43. The SMILES string of the molecule is O=C(CCc1cccnc1)N1C[C@@H]2C[C@H](C1)c1ccc(-c3ncc[nH]3)c(=O)n1C2. The average Bonchev–Trinajstić information content (AvgIpc) is 3.28. The molecule has 2 bridgehead atoms. The summed E-state index contributed by atoms with van der Waals surface area (Å²) < 4.78 is 1.90. The predicted molar refractivity (Wildman–Crippen MR) is 108 cm³/mol. The third-order valence-corrected chi connectivity index (χ3v) is 6.06. The zero-order chi connectivity index (χ0) is 19.8. The zero-order valence-electron chi connectivity index (χ0n) is 16.1. The molecule has 5 rings (SSSR count). The fourth-order valence-electron chi connectivity index (χ4n) is 4.70. The molecule has 0 aliphatic carbocycles. The molecule has 7 nitrogen and oxygen atoms in total. The summed E-state index contributed by atoms with van der Waals surface area (Å²) in [4.78, 5) is 39.2. The maximum absolute atomic E-state index is 13.0. The summed E-state index contributed by atoms with van der Waals surface area (Å²) >= 11 is 0. The van der Waals surface area contributed by atoms with Crippen LogP contribution in [0.1, 0.15) is 30.0 Å². The number of imidazole rings is 1. The van der Waals surface area contributed by atoms with Crippen LogP contribution in [0.2, 0.25) is 0 Å². The number of carbonyl (C=O) groups excluding carboxylic acids is 1. The Hall–Kier alpha value is -3.22. The van der Waals surface area contributed by atoms with Crippen LogP contribution in [0.15, 0.2) is 53.8 Å². The molecule has 2 aliphatic rings. The Bertz CT molecular complexity index is 1070. The molecule has 0 radical (unpaired) electrons. The van der Waals surface area contributed by atoms with Crippen LogP contribution in [0.5, 0.6) is 0 Å². The smallest absolute Gasteiger partial charge is 0.261 e. The quantitative estimate of drug-likeness (QED) is 0.742. The van der Waals surface area contributed by atoms with Gasteiger partial charge in [0.2, 0.25) is 5.91 Å². The molecule has 5 heterocycles. The Labute approximate surface area is 168 Å². The number of hydrogen-bond donors (Lipinski definition) is 1. The normalized spacial score (nSPS) is 20.3. The third kappa shape index (κ3) is 3.37. The van der Waals surface area contributed by atoms with Crippen molar-refractivity contribution in [3.05, 3.63) is 70.7 Å². The zero-order valence-corrected chi connectivity index (χ0v) is 16.1. The van der Waals surface area contributed by atoms with Gasteiger partial charge in [0.15, 0.2) is 0 Å².